The number of halogens is 1. The predicted molar refractivity (Wildman–Crippen MR) is 55.8 cm³/mol. The summed E-state index contributed by atoms with van der Waals surface area (Å²) < 4.78 is 1.61. The molecule has 0 aromatic carbocycles. The van der Waals surface area contributed by atoms with E-state index in [2.05, 4.69) is 20.3 Å². The first-order valence-electron chi connectivity index (χ1n) is 4.63. The highest BCUT2D eigenvalue weighted by Crippen LogP contribution is 2.21. The molecule has 0 radical (unpaired) electrons. The normalized spacial score (nSPS) is 12.7. The third-order valence-corrected chi connectivity index (χ3v) is 2.53. The first-order valence-corrected chi connectivity index (χ1v) is 5.06. The molecule has 0 saturated heterocycles. The smallest absolute Gasteiger partial charge is 0.115 e. The van der Waals surface area contributed by atoms with Crippen molar-refractivity contribution < 1.29 is 0 Å². The van der Waals surface area contributed by atoms with Gasteiger partial charge in [-0.3, -0.25) is 0 Å². The molecule has 0 spiro atoms. The summed E-state index contributed by atoms with van der Waals surface area (Å²) >= 11 is 6.04. The highest BCUT2D eigenvalue weighted by atomic mass is 35.5. The molecule has 2 rings (SSSR count). The van der Waals surface area contributed by atoms with Crippen LogP contribution in [-0.4, -0.2) is 25.0 Å². The highest BCUT2D eigenvalue weighted by Gasteiger charge is 2.10. The first-order chi connectivity index (χ1) is 7.31. The van der Waals surface area contributed by atoms with Crippen LogP contribution >= 0.6 is 11.6 Å². The molecule has 0 aliphatic carbocycles. The number of rotatable bonds is 3. The van der Waals surface area contributed by atoms with Crippen LogP contribution in [0, 0.1) is 0 Å². The molecule has 1 unspecified atom stereocenters. The molecule has 2 aromatic rings. The summed E-state index contributed by atoms with van der Waals surface area (Å²) in [6, 6.07) is 0. The summed E-state index contributed by atoms with van der Waals surface area (Å²) in [6.45, 7) is 2.00. The standard InChI is InChI=1S/C9H10ClN5/c1-2-8(10)9-5-15(14-13-9)7-3-11-6-12-4-7/h3-6,8H,2H2,1H3. The Balaban J connectivity index is 2.28. The van der Waals surface area contributed by atoms with E-state index in [0.29, 0.717) is 0 Å². The zero-order valence-corrected chi connectivity index (χ0v) is 8.96. The van der Waals surface area contributed by atoms with Gasteiger partial charge >= 0.3 is 0 Å². The van der Waals surface area contributed by atoms with Gasteiger partial charge in [-0.25, -0.2) is 14.6 Å². The maximum Gasteiger partial charge on any atom is 0.115 e. The molecular weight excluding hydrogens is 214 g/mol. The molecule has 0 bridgehead atoms. The van der Waals surface area contributed by atoms with Crippen molar-refractivity contribution >= 4 is 11.6 Å². The lowest BCUT2D eigenvalue weighted by atomic mass is 10.3. The van der Waals surface area contributed by atoms with Gasteiger partial charge in [-0.15, -0.1) is 16.7 Å². The molecule has 5 nitrogen and oxygen atoms in total. The Labute approximate surface area is 92.1 Å². The van der Waals surface area contributed by atoms with Gasteiger partial charge in [0.1, 0.15) is 17.7 Å². The zero-order valence-electron chi connectivity index (χ0n) is 8.21. The topological polar surface area (TPSA) is 56.5 Å². The number of aromatic nitrogens is 5. The average molecular weight is 224 g/mol. The van der Waals surface area contributed by atoms with Gasteiger partial charge in [0.2, 0.25) is 0 Å². The molecule has 1 atom stereocenters. The van der Waals surface area contributed by atoms with Crippen molar-refractivity contribution in [2.24, 2.45) is 0 Å². The van der Waals surface area contributed by atoms with Crippen molar-refractivity contribution in [3.05, 3.63) is 30.6 Å². The quantitative estimate of drug-likeness (QED) is 0.744. The molecule has 15 heavy (non-hydrogen) atoms. The maximum absolute atomic E-state index is 6.04. The summed E-state index contributed by atoms with van der Waals surface area (Å²) in [5, 5.41) is 7.85. The predicted octanol–water partition coefficient (Wildman–Crippen LogP) is 1.75. The third-order valence-electron chi connectivity index (χ3n) is 2.00. The molecule has 2 aromatic heterocycles. The van der Waals surface area contributed by atoms with Gasteiger partial charge in [0.25, 0.3) is 0 Å². The van der Waals surface area contributed by atoms with Crippen LogP contribution in [0.2, 0.25) is 0 Å². The second-order valence-electron chi connectivity index (χ2n) is 3.06. The average Bonchev–Trinajstić information content (AvgIpc) is 2.78. The van der Waals surface area contributed by atoms with E-state index < -0.39 is 0 Å². The number of hydrogen-bond acceptors (Lipinski definition) is 4. The Morgan fingerprint density at radius 3 is 2.80 bits per heavy atom. The second kappa shape index (κ2) is 4.35. The van der Waals surface area contributed by atoms with Crippen molar-refractivity contribution in [1.82, 2.24) is 25.0 Å². The summed E-state index contributed by atoms with van der Waals surface area (Å²) in [5.74, 6) is 0. The van der Waals surface area contributed by atoms with E-state index in [0.717, 1.165) is 17.8 Å². The lowest BCUT2D eigenvalue weighted by Gasteiger charge is -1.99. The lowest BCUT2D eigenvalue weighted by Crippen LogP contribution is -1.95. The fraction of sp³-hybridized carbons (Fsp3) is 0.333. The van der Waals surface area contributed by atoms with Crippen LogP contribution in [0.3, 0.4) is 0 Å². The van der Waals surface area contributed by atoms with Crippen LogP contribution in [0.25, 0.3) is 5.69 Å². The molecular formula is C9H10ClN5. The minimum atomic E-state index is -0.0941. The van der Waals surface area contributed by atoms with Crippen LogP contribution in [0.1, 0.15) is 24.4 Å². The third kappa shape index (κ3) is 2.12. The molecule has 0 saturated carbocycles. The Hall–Kier alpha value is -1.49. The van der Waals surface area contributed by atoms with E-state index in [-0.39, 0.29) is 5.38 Å². The van der Waals surface area contributed by atoms with Crippen molar-refractivity contribution in [3.8, 4) is 5.69 Å². The van der Waals surface area contributed by atoms with E-state index in [1.165, 1.54) is 6.33 Å². The fourth-order valence-corrected chi connectivity index (χ4v) is 1.27. The van der Waals surface area contributed by atoms with E-state index in [1.54, 1.807) is 23.3 Å². The zero-order chi connectivity index (χ0) is 10.7. The van der Waals surface area contributed by atoms with E-state index in [4.69, 9.17) is 11.6 Å². The van der Waals surface area contributed by atoms with E-state index in [1.807, 2.05) is 6.92 Å². The minimum absolute atomic E-state index is 0.0941. The molecule has 0 aliphatic heterocycles. The summed E-state index contributed by atoms with van der Waals surface area (Å²) in [5.41, 5.74) is 1.54. The van der Waals surface area contributed by atoms with Crippen LogP contribution in [0.15, 0.2) is 24.9 Å². The fourth-order valence-electron chi connectivity index (χ4n) is 1.17. The van der Waals surface area contributed by atoms with Crippen molar-refractivity contribution in [2.45, 2.75) is 18.7 Å². The molecule has 0 fully saturated rings. The van der Waals surface area contributed by atoms with Crippen molar-refractivity contribution in [2.75, 3.05) is 0 Å². The van der Waals surface area contributed by atoms with Crippen LogP contribution in [0.5, 0.6) is 0 Å². The van der Waals surface area contributed by atoms with Crippen LogP contribution < -0.4 is 0 Å². The molecule has 0 amide bonds. The molecule has 2 heterocycles. The van der Waals surface area contributed by atoms with Gasteiger partial charge in [-0.2, -0.15) is 0 Å². The van der Waals surface area contributed by atoms with Crippen molar-refractivity contribution in [3.63, 3.8) is 0 Å². The van der Waals surface area contributed by atoms with E-state index in [9.17, 15) is 0 Å². The monoisotopic (exact) mass is 223 g/mol. The van der Waals surface area contributed by atoms with E-state index >= 15 is 0 Å². The van der Waals surface area contributed by atoms with Gasteiger partial charge < -0.3 is 0 Å². The summed E-state index contributed by atoms with van der Waals surface area (Å²) in [6.07, 6.45) is 7.42. The molecule has 0 aliphatic rings. The van der Waals surface area contributed by atoms with Gasteiger partial charge in [0.15, 0.2) is 0 Å². The second-order valence-corrected chi connectivity index (χ2v) is 3.59. The Morgan fingerprint density at radius 1 is 1.40 bits per heavy atom. The summed E-state index contributed by atoms with van der Waals surface area (Å²) in [4.78, 5) is 7.81. The molecule has 0 N–H and O–H groups in total. The molecule has 6 heteroatoms. The van der Waals surface area contributed by atoms with Gasteiger partial charge in [0, 0.05) is 0 Å². The van der Waals surface area contributed by atoms with Crippen LogP contribution in [0.4, 0.5) is 0 Å². The number of nitrogens with zero attached hydrogens (tertiary/aromatic N) is 5. The minimum Gasteiger partial charge on any atom is -0.243 e. The lowest BCUT2D eigenvalue weighted by molar-refractivity contribution is 0.780. The Kier molecular flexibility index (Phi) is 2.91. The molecule has 78 valence electrons. The largest absolute Gasteiger partial charge is 0.243 e. The summed E-state index contributed by atoms with van der Waals surface area (Å²) in [7, 11) is 0. The number of hydrogen-bond donors (Lipinski definition) is 0. The first kappa shape index (κ1) is 10.0. The van der Waals surface area contributed by atoms with Gasteiger partial charge in [0.05, 0.1) is 24.0 Å². The SMILES string of the molecule is CCC(Cl)c1cn(-c2cncnc2)nn1. The van der Waals surface area contributed by atoms with Gasteiger partial charge in [-0.1, -0.05) is 12.1 Å². The highest BCUT2D eigenvalue weighted by molar-refractivity contribution is 6.20. The Morgan fingerprint density at radius 2 is 2.13 bits per heavy atom. The number of alkyl halides is 1. The Bertz CT molecular complexity index is 427. The van der Waals surface area contributed by atoms with Gasteiger partial charge in [-0.05, 0) is 6.42 Å². The maximum atomic E-state index is 6.04. The van der Waals surface area contributed by atoms with Crippen LogP contribution in [-0.2, 0) is 0 Å². The van der Waals surface area contributed by atoms with Crippen molar-refractivity contribution in [1.29, 1.82) is 0 Å².